The molecule has 104 valence electrons. The highest BCUT2D eigenvalue weighted by molar-refractivity contribution is 9.10. The monoisotopic (exact) mass is 356 g/mol. The standard InChI is InChI=1S/C12H9BrN2O4S/c13-11-3-1-2-4-12(11)14-20(18,19)10-7-5-9(6-8-10)15(16)17/h1-8,14H. The summed E-state index contributed by atoms with van der Waals surface area (Å²) in [6.07, 6.45) is 0. The van der Waals surface area contributed by atoms with Crippen LogP contribution in [-0.2, 0) is 10.0 Å². The zero-order chi connectivity index (χ0) is 14.8. The van der Waals surface area contributed by atoms with Crippen LogP contribution in [0.25, 0.3) is 0 Å². The summed E-state index contributed by atoms with van der Waals surface area (Å²) in [6, 6.07) is 11.4. The molecule has 0 saturated carbocycles. The predicted octanol–water partition coefficient (Wildman–Crippen LogP) is 3.16. The summed E-state index contributed by atoms with van der Waals surface area (Å²) in [5.74, 6) is 0. The minimum Gasteiger partial charge on any atom is -0.278 e. The van der Waals surface area contributed by atoms with Crippen LogP contribution in [0.1, 0.15) is 0 Å². The Bertz CT molecular complexity index is 744. The highest BCUT2D eigenvalue weighted by Gasteiger charge is 2.16. The summed E-state index contributed by atoms with van der Waals surface area (Å²) in [7, 11) is -3.78. The molecule has 0 unspecified atom stereocenters. The number of halogens is 1. The molecule has 0 spiro atoms. The van der Waals surface area contributed by atoms with E-state index in [0.29, 0.717) is 10.2 Å². The maximum Gasteiger partial charge on any atom is 0.269 e. The number of nitro benzene ring substituents is 1. The summed E-state index contributed by atoms with van der Waals surface area (Å²) in [5, 5.41) is 10.5. The molecule has 0 atom stereocenters. The number of nitro groups is 1. The van der Waals surface area contributed by atoms with Crippen molar-refractivity contribution in [1.82, 2.24) is 0 Å². The van der Waals surface area contributed by atoms with Gasteiger partial charge in [-0.2, -0.15) is 0 Å². The Morgan fingerprint density at radius 3 is 2.20 bits per heavy atom. The number of rotatable bonds is 4. The van der Waals surface area contributed by atoms with Crippen molar-refractivity contribution in [2.45, 2.75) is 4.90 Å². The number of hydrogen-bond acceptors (Lipinski definition) is 4. The molecule has 0 bridgehead atoms. The van der Waals surface area contributed by atoms with E-state index < -0.39 is 14.9 Å². The largest absolute Gasteiger partial charge is 0.278 e. The SMILES string of the molecule is O=[N+]([O-])c1ccc(S(=O)(=O)Nc2ccccc2Br)cc1. The van der Waals surface area contributed by atoms with Crippen LogP contribution in [0, 0.1) is 10.1 Å². The molecule has 0 aliphatic carbocycles. The molecule has 20 heavy (non-hydrogen) atoms. The van der Waals surface area contributed by atoms with Gasteiger partial charge in [-0.25, -0.2) is 8.42 Å². The molecule has 0 heterocycles. The number of nitrogens with zero attached hydrogens (tertiary/aromatic N) is 1. The third kappa shape index (κ3) is 3.14. The van der Waals surface area contributed by atoms with E-state index in [1.54, 1.807) is 24.3 Å². The van der Waals surface area contributed by atoms with Gasteiger partial charge in [-0.05, 0) is 40.2 Å². The van der Waals surface area contributed by atoms with Crippen LogP contribution in [0.4, 0.5) is 11.4 Å². The summed E-state index contributed by atoms with van der Waals surface area (Å²) >= 11 is 3.24. The van der Waals surface area contributed by atoms with Crippen LogP contribution in [0.2, 0.25) is 0 Å². The Labute approximate surface area is 123 Å². The fourth-order valence-electron chi connectivity index (χ4n) is 1.49. The molecule has 0 radical (unpaired) electrons. The molecule has 0 aliphatic heterocycles. The molecule has 0 saturated heterocycles. The summed E-state index contributed by atoms with van der Waals surface area (Å²) in [6.45, 7) is 0. The fraction of sp³-hybridized carbons (Fsp3) is 0. The first kappa shape index (κ1) is 14.5. The lowest BCUT2D eigenvalue weighted by atomic mass is 10.3. The van der Waals surface area contributed by atoms with Crippen molar-refractivity contribution in [3.63, 3.8) is 0 Å². The second-order valence-corrected chi connectivity index (χ2v) is 6.37. The van der Waals surface area contributed by atoms with Crippen LogP contribution in [0.3, 0.4) is 0 Å². The van der Waals surface area contributed by atoms with E-state index in [2.05, 4.69) is 20.7 Å². The minimum atomic E-state index is -3.78. The van der Waals surface area contributed by atoms with Crippen molar-refractivity contribution in [2.24, 2.45) is 0 Å². The number of anilines is 1. The van der Waals surface area contributed by atoms with Crippen molar-refractivity contribution in [2.75, 3.05) is 4.72 Å². The van der Waals surface area contributed by atoms with Crippen LogP contribution in [0.5, 0.6) is 0 Å². The van der Waals surface area contributed by atoms with Crippen molar-refractivity contribution in [1.29, 1.82) is 0 Å². The molecule has 0 aliphatic rings. The number of sulfonamides is 1. The molecule has 1 N–H and O–H groups in total. The van der Waals surface area contributed by atoms with Gasteiger partial charge in [-0.3, -0.25) is 14.8 Å². The van der Waals surface area contributed by atoms with Gasteiger partial charge in [0.1, 0.15) is 0 Å². The third-order valence-electron chi connectivity index (χ3n) is 2.48. The molecule has 6 nitrogen and oxygen atoms in total. The van der Waals surface area contributed by atoms with E-state index in [1.165, 1.54) is 12.1 Å². The van der Waals surface area contributed by atoms with Crippen molar-refractivity contribution in [3.8, 4) is 0 Å². The first-order valence-electron chi connectivity index (χ1n) is 5.42. The van der Waals surface area contributed by atoms with Gasteiger partial charge in [0.25, 0.3) is 15.7 Å². The Kier molecular flexibility index (Phi) is 4.05. The van der Waals surface area contributed by atoms with Gasteiger partial charge in [-0.15, -0.1) is 0 Å². The molecule has 2 rings (SSSR count). The second kappa shape index (κ2) is 5.59. The van der Waals surface area contributed by atoms with Crippen LogP contribution < -0.4 is 4.72 Å². The average Bonchev–Trinajstić information content (AvgIpc) is 2.41. The van der Waals surface area contributed by atoms with Crippen LogP contribution in [0.15, 0.2) is 57.9 Å². The molecular formula is C12H9BrN2O4S. The maximum atomic E-state index is 12.1. The molecular weight excluding hydrogens is 348 g/mol. The molecule has 0 amide bonds. The predicted molar refractivity (Wildman–Crippen MR) is 78.0 cm³/mol. The number of hydrogen-bond donors (Lipinski definition) is 1. The van der Waals surface area contributed by atoms with Crippen molar-refractivity contribution in [3.05, 3.63) is 63.1 Å². The van der Waals surface area contributed by atoms with E-state index in [9.17, 15) is 18.5 Å². The van der Waals surface area contributed by atoms with Gasteiger partial charge in [-0.1, -0.05) is 12.1 Å². The minimum absolute atomic E-state index is 0.0427. The lowest BCUT2D eigenvalue weighted by Crippen LogP contribution is -2.13. The molecule has 8 heteroatoms. The number of nitrogens with one attached hydrogen (secondary N) is 1. The maximum absolute atomic E-state index is 12.1. The van der Waals surface area contributed by atoms with Gasteiger partial charge in [0.05, 0.1) is 15.5 Å². The van der Waals surface area contributed by atoms with E-state index in [1.807, 2.05) is 0 Å². The molecule has 0 aromatic heterocycles. The Morgan fingerprint density at radius 2 is 1.65 bits per heavy atom. The molecule has 2 aromatic rings. The highest BCUT2D eigenvalue weighted by atomic mass is 79.9. The highest BCUT2D eigenvalue weighted by Crippen LogP contribution is 2.25. The second-order valence-electron chi connectivity index (χ2n) is 3.84. The lowest BCUT2D eigenvalue weighted by molar-refractivity contribution is -0.384. The van der Waals surface area contributed by atoms with E-state index in [0.717, 1.165) is 12.1 Å². The van der Waals surface area contributed by atoms with Crippen molar-refractivity contribution < 1.29 is 13.3 Å². The smallest absolute Gasteiger partial charge is 0.269 e. The Hall–Kier alpha value is -1.93. The number of non-ortho nitro benzene ring substituents is 1. The van der Waals surface area contributed by atoms with Gasteiger partial charge in [0.15, 0.2) is 0 Å². The quantitative estimate of drug-likeness (QED) is 0.672. The summed E-state index contributed by atoms with van der Waals surface area (Å²) in [5.41, 5.74) is 0.232. The topological polar surface area (TPSA) is 89.3 Å². The lowest BCUT2D eigenvalue weighted by Gasteiger charge is -2.09. The van der Waals surface area contributed by atoms with Gasteiger partial charge < -0.3 is 0 Å². The fourth-order valence-corrected chi connectivity index (χ4v) is 3.09. The van der Waals surface area contributed by atoms with E-state index in [4.69, 9.17) is 0 Å². The Morgan fingerprint density at radius 1 is 1.05 bits per heavy atom. The van der Waals surface area contributed by atoms with Gasteiger partial charge in [0.2, 0.25) is 0 Å². The first-order valence-corrected chi connectivity index (χ1v) is 7.69. The molecule has 2 aromatic carbocycles. The zero-order valence-corrected chi connectivity index (χ0v) is 12.4. The number of benzene rings is 2. The summed E-state index contributed by atoms with van der Waals surface area (Å²) in [4.78, 5) is 9.90. The van der Waals surface area contributed by atoms with E-state index in [-0.39, 0.29) is 10.6 Å². The third-order valence-corrected chi connectivity index (χ3v) is 4.55. The van der Waals surface area contributed by atoms with Crippen molar-refractivity contribution >= 4 is 37.3 Å². The van der Waals surface area contributed by atoms with Gasteiger partial charge in [0, 0.05) is 16.6 Å². The normalized spacial score (nSPS) is 11.1. The summed E-state index contributed by atoms with van der Waals surface area (Å²) < 4.78 is 27.3. The Balaban J connectivity index is 2.31. The number of para-hydroxylation sites is 1. The van der Waals surface area contributed by atoms with E-state index >= 15 is 0 Å². The van der Waals surface area contributed by atoms with Crippen LogP contribution in [-0.4, -0.2) is 13.3 Å². The van der Waals surface area contributed by atoms with Gasteiger partial charge >= 0.3 is 0 Å². The first-order chi connectivity index (χ1) is 9.40. The zero-order valence-electron chi connectivity index (χ0n) is 9.99. The average molecular weight is 357 g/mol. The van der Waals surface area contributed by atoms with Crippen LogP contribution >= 0.6 is 15.9 Å². The molecule has 0 fully saturated rings.